The summed E-state index contributed by atoms with van der Waals surface area (Å²) < 4.78 is 0. The van der Waals surface area contributed by atoms with Crippen molar-refractivity contribution in [3.8, 4) is 0 Å². The van der Waals surface area contributed by atoms with E-state index in [0.717, 1.165) is 12.0 Å². The predicted octanol–water partition coefficient (Wildman–Crippen LogP) is 7.10. The van der Waals surface area contributed by atoms with Crippen LogP contribution in [0, 0.1) is 5.92 Å². The first-order valence-corrected chi connectivity index (χ1v) is 10.7. The molecule has 0 heterocycles. The molecule has 0 saturated carbocycles. The first-order valence-electron chi connectivity index (χ1n) is 10.7. The van der Waals surface area contributed by atoms with Crippen molar-refractivity contribution in [3.05, 3.63) is 69.8 Å². The number of aromatic carboxylic acids is 1. The number of carboxylic acid groups (broad SMARTS) is 1. The first-order chi connectivity index (χ1) is 13.5. The summed E-state index contributed by atoms with van der Waals surface area (Å²) >= 11 is 0. The van der Waals surface area contributed by atoms with Crippen LogP contribution in [0.4, 0.5) is 0 Å². The molecule has 29 heavy (non-hydrogen) atoms. The van der Waals surface area contributed by atoms with Gasteiger partial charge in [-0.2, -0.15) is 0 Å². The monoisotopic (exact) mass is 390 g/mol. The number of fused-ring (bicyclic) bond motifs is 1. The van der Waals surface area contributed by atoms with Gasteiger partial charge in [-0.15, -0.1) is 0 Å². The van der Waals surface area contributed by atoms with Crippen molar-refractivity contribution in [2.75, 3.05) is 0 Å². The van der Waals surface area contributed by atoms with E-state index in [1.165, 1.54) is 35.1 Å². The smallest absolute Gasteiger partial charge is 0.335 e. The highest BCUT2D eigenvalue weighted by Crippen LogP contribution is 2.50. The summed E-state index contributed by atoms with van der Waals surface area (Å²) in [6.45, 7) is 14.0. The van der Waals surface area contributed by atoms with Crippen molar-refractivity contribution in [2.24, 2.45) is 5.92 Å². The third-order valence-electron chi connectivity index (χ3n) is 6.23. The number of hydrogen-bond donors (Lipinski definition) is 1. The molecule has 1 N–H and O–H groups in total. The molecule has 0 bridgehead atoms. The van der Waals surface area contributed by atoms with Gasteiger partial charge >= 0.3 is 5.97 Å². The van der Waals surface area contributed by atoms with Gasteiger partial charge in [-0.1, -0.05) is 78.0 Å². The van der Waals surface area contributed by atoms with Crippen LogP contribution in [0.25, 0.3) is 12.2 Å². The van der Waals surface area contributed by atoms with Crippen molar-refractivity contribution >= 4 is 18.1 Å². The van der Waals surface area contributed by atoms with E-state index >= 15 is 0 Å². The molecule has 0 amide bonds. The molecule has 2 aromatic rings. The summed E-state index contributed by atoms with van der Waals surface area (Å²) in [6, 6.07) is 11.9. The van der Waals surface area contributed by atoms with Crippen LogP contribution < -0.4 is 0 Å². The number of benzene rings is 2. The molecule has 0 unspecified atom stereocenters. The molecule has 2 aromatic carbocycles. The average molecular weight is 391 g/mol. The van der Waals surface area contributed by atoms with Gasteiger partial charge in [0.1, 0.15) is 0 Å². The Balaban J connectivity index is 2.01. The van der Waals surface area contributed by atoms with Gasteiger partial charge in [-0.3, -0.25) is 0 Å². The van der Waals surface area contributed by atoms with Crippen LogP contribution in [0.2, 0.25) is 0 Å². The van der Waals surface area contributed by atoms with Gasteiger partial charge in [0.25, 0.3) is 0 Å². The molecule has 0 spiro atoms. The second-order valence-corrected chi connectivity index (χ2v) is 10.2. The lowest BCUT2D eigenvalue weighted by atomic mass is 9.82. The summed E-state index contributed by atoms with van der Waals surface area (Å²) in [4.78, 5) is 11.1. The van der Waals surface area contributed by atoms with Crippen molar-refractivity contribution < 1.29 is 9.90 Å². The van der Waals surface area contributed by atoms with E-state index in [4.69, 9.17) is 5.11 Å². The molecular formula is C27H34O2. The lowest BCUT2D eigenvalue weighted by Gasteiger charge is -2.22. The molecule has 0 saturated heterocycles. The Hall–Kier alpha value is -2.35. The molecule has 0 aromatic heterocycles. The van der Waals surface area contributed by atoms with Crippen LogP contribution >= 0.6 is 0 Å². The lowest BCUT2D eigenvalue weighted by Crippen LogP contribution is -2.18. The Morgan fingerprint density at radius 1 is 1.00 bits per heavy atom. The highest BCUT2D eigenvalue weighted by atomic mass is 16.4. The van der Waals surface area contributed by atoms with Crippen molar-refractivity contribution in [1.29, 1.82) is 0 Å². The van der Waals surface area contributed by atoms with Crippen LogP contribution in [-0.2, 0) is 17.3 Å². The molecule has 0 aliphatic heterocycles. The minimum absolute atomic E-state index is 0.182. The average Bonchev–Trinajstić information content (AvgIpc) is 2.81. The number of carboxylic acids is 1. The SMILES string of the molecule is CC(C)CCc1cc2c(cc1/C=C/c1ccc(C(=O)O)cc1)C(C)(C)CC2(C)C. The maximum absolute atomic E-state index is 11.1. The van der Waals surface area contributed by atoms with Crippen molar-refractivity contribution in [2.45, 2.75) is 71.6 Å². The quantitative estimate of drug-likeness (QED) is 0.534. The zero-order valence-corrected chi connectivity index (χ0v) is 18.7. The Kier molecular flexibility index (Phi) is 5.76. The van der Waals surface area contributed by atoms with Crippen molar-refractivity contribution in [3.63, 3.8) is 0 Å². The van der Waals surface area contributed by atoms with E-state index in [2.05, 4.69) is 65.8 Å². The molecule has 0 radical (unpaired) electrons. The summed E-state index contributed by atoms with van der Waals surface area (Å²) in [5.41, 5.74) is 7.41. The zero-order chi connectivity index (χ0) is 21.4. The summed E-state index contributed by atoms with van der Waals surface area (Å²) in [6.07, 6.45) is 7.73. The van der Waals surface area contributed by atoms with Gasteiger partial charge < -0.3 is 5.11 Å². The fourth-order valence-corrected chi connectivity index (χ4v) is 4.82. The highest BCUT2D eigenvalue weighted by Gasteiger charge is 2.42. The summed E-state index contributed by atoms with van der Waals surface area (Å²) in [5.74, 6) is -0.215. The molecule has 154 valence electrons. The summed E-state index contributed by atoms with van der Waals surface area (Å²) in [5, 5.41) is 9.09. The zero-order valence-electron chi connectivity index (χ0n) is 18.7. The second-order valence-electron chi connectivity index (χ2n) is 10.2. The molecule has 1 aliphatic carbocycles. The molecule has 0 atom stereocenters. The maximum atomic E-state index is 11.1. The van der Waals surface area contributed by atoms with Crippen LogP contribution in [0.3, 0.4) is 0 Å². The van der Waals surface area contributed by atoms with Crippen molar-refractivity contribution in [1.82, 2.24) is 0 Å². The van der Waals surface area contributed by atoms with E-state index < -0.39 is 5.97 Å². The Morgan fingerprint density at radius 3 is 2.14 bits per heavy atom. The third kappa shape index (κ3) is 4.63. The largest absolute Gasteiger partial charge is 0.478 e. The van der Waals surface area contributed by atoms with Gasteiger partial charge in [-0.05, 0) is 76.0 Å². The first kappa shape index (κ1) is 21.4. The lowest BCUT2D eigenvalue weighted by molar-refractivity contribution is 0.0697. The van der Waals surface area contributed by atoms with E-state index in [9.17, 15) is 4.79 Å². The molecule has 3 rings (SSSR count). The van der Waals surface area contributed by atoms with Gasteiger partial charge in [0.05, 0.1) is 5.56 Å². The van der Waals surface area contributed by atoms with Gasteiger partial charge in [0.2, 0.25) is 0 Å². The second kappa shape index (κ2) is 7.82. The molecular weight excluding hydrogens is 356 g/mol. The van der Waals surface area contributed by atoms with Gasteiger partial charge in [-0.25, -0.2) is 4.79 Å². The highest BCUT2D eigenvalue weighted by molar-refractivity contribution is 5.88. The summed E-state index contributed by atoms with van der Waals surface area (Å²) in [7, 11) is 0. The number of carbonyl (C=O) groups is 1. The molecule has 0 fully saturated rings. The third-order valence-corrected chi connectivity index (χ3v) is 6.23. The van der Waals surface area contributed by atoms with Gasteiger partial charge in [0.15, 0.2) is 0 Å². The Morgan fingerprint density at radius 2 is 1.59 bits per heavy atom. The minimum Gasteiger partial charge on any atom is -0.478 e. The molecule has 2 nitrogen and oxygen atoms in total. The fraction of sp³-hybridized carbons (Fsp3) is 0.444. The number of hydrogen-bond acceptors (Lipinski definition) is 1. The number of aryl methyl sites for hydroxylation is 1. The Labute approximate surface area is 175 Å². The minimum atomic E-state index is -0.889. The van der Waals surface area contributed by atoms with Crippen LogP contribution in [0.1, 0.15) is 92.6 Å². The topological polar surface area (TPSA) is 37.3 Å². The van der Waals surface area contributed by atoms with Crippen LogP contribution in [0.15, 0.2) is 36.4 Å². The van der Waals surface area contributed by atoms with Gasteiger partial charge in [0, 0.05) is 0 Å². The van der Waals surface area contributed by atoms with Crippen LogP contribution in [-0.4, -0.2) is 11.1 Å². The Bertz CT molecular complexity index is 928. The van der Waals surface area contributed by atoms with Crippen LogP contribution in [0.5, 0.6) is 0 Å². The predicted molar refractivity (Wildman–Crippen MR) is 123 cm³/mol. The van der Waals surface area contributed by atoms with E-state index in [1.807, 2.05) is 12.1 Å². The molecule has 1 aliphatic rings. The maximum Gasteiger partial charge on any atom is 0.335 e. The fourth-order valence-electron chi connectivity index (χ4n) is 4.82. The standard InChI is InChI=1S/C27H34O2/c1-18(2)7-11-21-15-23-24(27(5,6)17-26(23,3)4)16-22(21)14-10-19-8-12-20(13-9-19)25(28)29/h8-10,12-16,18H,7,11,17H2,1-6H3,(H,28,29)/b14-10+. The normalized spacial score (nSPS) is 17.1. The number of rotatable bonds is 6. The van der Waals surface area contributed by atoms with E-state index in [1.54, 1.807) is 12.1 Å². The van der Waals surface area contributed by atoms with E-state index in [0.29, 0.717) is 11.5 Å². The van der Waals surface area contributed by atoms with E-state index in [-0.39, 0.29) is 10.8 Å². The molecule has 2 heteroatoms.